The number of ether oxygens (including phenoxy) is 3. The third-order valence-electron chi connectivity index (χ3n) is 6.61. The number of rotatable bonds is 4. The molecule has 1 saturated heterocycles. The molecule has 3 aliphatic heterocycles. The highest BCUT2D eigenvalue weighted by atomic mass is 16.5. The molecule has 2 aromatic carbocycles. The van der Waals surface area contributed by atoms with E-state index in [1.54, 1.807) is 14.2 Å². The quantitative estimate of drug-likeness (QED) is 0.832. The van der Waals surface area contributed by atoms with Crippen LogP contribution in [0.4, 0.5) is 0 Å². The molecule has 0 aliphatic carbocycles. The first-order valence-corrected chi connectivity index (χ1v) is 10.7. The maximum atomic E-state index is 6.77. The van der Waals surface area contributed by atoms with E-state index in [0.29, 0.717) is 0 Å². The van der Waals surface area contributed by atoms with Crippen molar-refractivity contribution in [3.8, 4) is 17.2 Å². The lowest BCUT2D eigenvalue weighted by molar-refractivity contribution is -0.160. The summed E-state index contributed by atoms with van der Waals surface area (Å²) in [6.07, 6.45) is 4.17. The number of fused-ring (bicyclic) bond motifs is 4. The Labute approximate surface area is 178 Å². The summed E-state index contributed by atoms with van der Waals surface area (Å²) < 4.78 is 17.8. The summed E-state index contributed by atoms with van der Waals surface area (Å²) in [7, 11) is 3.40. The molecule has 30 heavy (non-hydrogen) atoms. The van der Waals surface area contributed by atoms with Gasteiger partial charge in [0.1, 0.15) is 5.75 Å². The van der Waals surface area contributed by atoms with Crippen LogP contribution in [0, 0.1) is 0 Å². The highest BCUT2D eigenvalue weighted by Gasteiger charge is 2.52. The molecule has 0 amide bonds. The smallest absolute Gasteiger partial charge is 0.183 e. The summed E-state index contributed by atoms with van der Waals surface area (Å²) >= 11 is 0. The van der Waals surface area contributed by atoms with Gasteiger partial charge in [-0.3, -0.25) is 0 Å². The van der Waals surface area contributed by atoms with Gasteiger partial charge in [0.2, 0.25) is 0 Å². The number of hydrogen-bond donors (Lipinski definition) is 1. The third-order valence-corrected chi connectivity index (χ3v) is 6.61. The van der Waals surface area contributed by atoms with Gasteiger partial charge in [-0.05, 0) is 48.5 Å². The van der Waals surface area contributed by atoms with Gasteiger partial charge in [-0.2, -0.15) is 5.01 Å². The maximum Gasteiger partial charge on any atom is 0.183 e. The van der Waals surface area contributed by atoms with Crippen molar-refractivity contribution in [2.75, 3.05) is 33.9 Å². The zero-order chi connectivity index (χ0) is 20.7. The second kappa shape index (κ2) is 7.52. The number of benzene rings is 2. The van der Waals surface area contributed by atoms with Crippen molar-refractivity contribution in [2.24, 2.45) is 0 Å². The van der Waals surface area contributed by atoms with E-state index in [4.69, 9.17) is 14.2 Å². The van der Waals surface area contributed by atoms with Crippen molar-refractivity contribution < 1.29 is 14.2 Å². The predicted octanol–water partition coefficient (Wildman–Crippen LogP) is 3.81. The second-order valence-electron chi connectivity index (χ2n) is 8.10. The topological polar surface area (TPSA) is 46.2 Å². The summed E-state index contributed by atoms with van der Waals surface area (Å²) in [6, 6.07) is 14.4. The lowest BCUT2D eigenvalue weighted by atomic mass is 9.92. The molecule has 3 aliphatic rings. The maximum absolute atomic E-state index is 6.77. The minimum absolute atomic E-state index is 0.0918. The fourth-order valence-electron chi connectivity index (χ4n) is 4.82. The Morgan fingerprint density at radius 2 is 1.83 bits per heavy atom. The molecular weight excluding hydrogens is 378 g/mol. The Morgan fingerprint density at radius 3 is 2.50 bits per heavy atom. The van der Waals surface area contributed by atoms with Gasteiger partial charge in [0.25, 0.3) is 0 Å². The molecule has 0 radical (unpaired) electrons. The van der Waals surface area contributed by atoms with Crippen molar-refractivity contribution >= 4 is 5.70 Å². The van der Waals surface area contributed by atoms with Crippen LogP contribution in [0.25, 0.3) is 5.70 Å². The number of methoxy groups -OCH3 is 2. The van der Waals surface area contributed by atoms with Gasteiger partial charge in [0, 0.05) is 31.5 Å². The van der Waals surface area contributed by atoms with E-state index in [1.807, 2.05) is 24.3 Å². The van der Waals surface area contributed by atoms with E-state index in [1.165, 1.54) is 0 Å². The van der Waals surface area contributed by atoms with Crippen molar-refractivity contribution in [2.45, 2.75) is 31.5 Å². The Balaban J connectivity index is 1.55. The van der Waals surface area contributed by atoms with Crippen LogP contribution < -0.4 is 19.6 Å². The third kappa shape index (κ3) is 3.02. The number of nitrogens with one attached hydrogen (secondary N) is 1. The number of hydrazine groups is 1. The van der Waals surface area contributed by atoms with Crippen LogP contribution in [0.5, 0.6) is 17.2 Å². The van der Waals surface area contributed by atoms with Gasteiger partial charge in [0.05, 0.1) is 26.0 Å². The average Bonchev–Trinajstić information content (AvgIpc) is 3.26. The van der Waals surface area contributed by atoms with E-state index in [9.17, 15) is 0 Å². The van der Waals surface area contributed by atoms with Crippen LogP contribution >= 0.6 is 0 Å². The Kier molecular flexibility index (Phi) is 4.83. The molecule has 0 unspecified atom stereocenters. The van der Waals surface area contributed by atoms with Crippen LogP contribution in [0.1, 0.15) is 36.9 Å². The molecule has 6 heteroatoms. The molecule has 3 heterocycles. The number of para-hydroxylation sites is 1. The summed E-state index contributed by atoms with van der Waals surface area (Å²) in [4.78, 5) is 2.48. The summed E-state index contributed by atoms with van der Waals surface area (Å²) in [5.41, 5.74) is 6.65. The Bertz CT molecular complexity index is 949. The van der Waals surface area contributed by atoms with E-state index in [2.05, 4.69) is 46.5 Å². The first-order valence-electron chi connectivity index (χ1n) is 10.7. The molecule has 0 bridgehead atoms. The largest absolute Gasteiger partial charge is 0.497 e. The van der Waals surface area contributed by atoms with Crippen molar-refractivity contribution in [3.63, 3.8) is 0 Å². The molecular formula is C24H29N3O3. The monoisotopic (exact) mass is 407 g/mol. The normalized spacial score (nSPS) is 22.5. The minimum Gasteiger partial charge on any atom is -0.497 e. The van der Waals surface area contributed by atoms with Gasteiger partial charge in [-0.1, -0.05) is 19.1 Å². The van der Waals surface area contributed by atoms with Crippen LogP contribution in [0.15, 0.2) is 48.5 Å². The first-order chi connectivity index (χ1) is 14.7. The fourth-order valence-corrected chi connectivity index (χ4v) is 4.82. The molecule has 158 valence electrons. The van der Waals surface area contributed by atoms with Crippen LogP contribution in [-0.2, 0) is 0 Å². The van der Waals surface area contributed by atoms with E-state index in [-0.39, 0.29) is 6.04 Å². The summed E-state index contributed by atoms with van der Waals surface area (Å²) in [6.45, 7) is 5.33. The fraction of sp³-hybridized carbons (Fsp3) is 0.417. The van der Waals surface area contributed by atoms with Gasteiger partial charge < -0.3 is 24.5 Å². The van der Waals surface area contributed by atoms with Gasteiger partial charge >= 0.3 is 0 Å². The van der Waals surface area contributed by atoms with Crippen molar-refractivity contribution in [1.82, 2.24) is 15.3 Å². The Morgan fingerprint density at radius 1 is 1.07 bits per heavy atom. The highest BCUT2D eigenvalue weighted by Crippen LogP contribution is 2.51. The number of likely N-dealkylation sites (tertiary alicyclic amines) is 1. The lowest BCUT2D eigenvalue weighted by Gasteiger charge is -2.51. The molecule has 1 spiro atoms. The molecule has 1 fully saturated rings. The molecule has 0 aromatic heterocycles. The van der Waals surface area contributed by atoms with Crippen molar-refractivity contribution in [1.29, 1.82) is 0 Å². The number of piperidine rings is 1. The van der Waals surface area contributed by atoms with Crippen LogP contribution in [-0.4, -0.2) is 49.5 Å². The SMILES string of the molecule is CCN1CCC2(CC1)Oc1c(OC)cccc1[C@H]1C=C(c3ccc(OC)cc3)NN12. The zero-order valence-electron chi connectivity index (χ0n) is 17.9. The van der Waals surface area contributed by atoms with E-state index in [0.717, 1.165) is 66.5 Å². The molecule has 6 nitrogen and oxygen atoms in total. The number of nitrogens with zero attached hydrogens (tertiary/aromatic N) is 2. The molecule has 1 atom stereocenters. The molecule has 1 N–H and O–H groups in total. The number of hydrogen-bond acceptors (Lipinski definition) is 6. The predicted molar refractivity (Wildman–Crippen MR) is 116 cm³/mol. The van der Waals surface area contributed by atoms with Crippen LogP contribution in [0.3, 0.4) is 0 Å². The molecule has 0 saturated carbocycles. The second-order valence-corrected chi connectivity index (χ2v) is 8.10. The van der Waals surface area contributed by atoms with E-state index >= 15 is 0 Å². The highest BCUT2D eigenvalue weighted by molar-refractivity contribution is 5.68. The molecule has 2 aromatic rings. The summed E-state index contributed by atoms with van der Waals surface area (Å²) in [5, 5.41) is 2.32. The zero-order valence-corrected chi connectivity index (χ0v) is 17.9. The van der Waals surface area contributed by atoms with Gasteiger partial charge in [-0.15, -0.1) is 0 Å². The van der Waals surface area contributed by atoms with Crippen LogP contribution in [0.2, 0.25) is 0 Å². The van der Waals surface area contributed by atoms with Gasteiger partial charge in [-0.25, -0.2) is 0 Å². The lowest BCUT2D eigenvalue weighted by Crippen LogP contribution is -2.63. The average molecular weight is 408 g/mol. The summed E-state index contributed by atoms with van der Waals surface area (Å²) in [5.74, 6) is 2.54. The van der Waals surface area contributed by atoms with Crippen molar-refractivity contribution in [3.05, 3.63) is 59.7 Å². The van der Waals surface area contributed by atoms with Gasteiger partial charge in [0.15, 0.2) is 17.2 Å². The Hall–Kier alpha value is -2.70. The molecule has 5 rings (SSSR count). The standard InChI is InChI=1S/C24H29N3O3/c1-4-26-14-12-24(13-15-26)27-21(19-6-5-7-22(29-3)23(19)30-24)16-20(25-27)17-8-10-18(28-2)11-9-17/h5-11,16,21,25H,4,12-15H2,1-3H3/t21-/m1/s1. The van der Waals surface area contributed by atoms with E-state index < -0.39 is 5.72 Å². The first kappa shape index (κ1) is 19.3. The minimum atomic E-state index is -0.400.